The summed E-state index contributed by atoms with van der Waals surface area (Å²) in [6.07, 6.45) is 4.53. The molecule has 0 rings (SSSR count). The fourth-order valence-corrected chi connectivity index (χ4v) is 4.27. The Bertz CT molecular complexity index is 905. The Balaban J connectivity index is 5.44. The lowest BCUT2D eigenvalue weighted by Crippen LogP contribution is -2.56. The monoisotopic (exact) mass is 629 g/mol. The largest absolute Gasteiger partial charge is 0.480 e. The SMILES string of the molecule is CC(C)C[C@H](N)C(=O)N[C@@H](CCCCN)C(=O)NCC(=O)N[C@@H](CCCCN)C(=O)N[C@@H](CCCCN)C(=O)NCC(=O)O. The van der Waals surface area contributed by atoms with Crippen molar-refractivity contribution in [1.29, 1.82) is 0 Å². The molecule has 0 aliphatic heterocycles. The number of nitrogens with two attached hydrogens (primary N) is 4. The molecule has 5 amide bonds. The Morgan fingerprint density at radius 2 is 1.00 bits per heavy atom. The van der Waals surface area contributed by atoms with Gasteiger partial charge in [0.05, 0.1) is 12.6 Å². The van der Waals surface area contributed by atoms with Crippen LogP contribution in [-0.4, -0.2) is 97.5 Å². The zero-order valence-corrected chi connectivity index (χ0v) is 26.2. The number of unbranched alkanes of at least 4 members (excludes halogenated alkanes) is 3. The van der Waals surface area contributed by atoms with Crippen molar-refractivity contribution in [3.63, 3.8) is 0 Å². The fourth-order valence-electron chi connectivity index (χ4n) is 4.27. The molecule has 0 fully saturated rings. The molecule has 0 bridgehead atoms. The standard InChI is InChI=1S/C28H55N9O7/c1-18(2)15-19(32)25(41)36-20(9-3-6-12-29)26(42)33-16-23(38)35-22(11-5-8-14-31)28(44)37-21(10-4-7-13-30)27(43)34-17-24(39)40/h18-22H,3-17,29-32H2,1-2H3,(H,33,42)(H,34,43)(H,35,38)(H,36,41)(H,37,44)(H,39,40)/t19-,20-,21-,22-/m0/s1. The smallest absolute Gasteiger partial charge is 0.322 e. The molecule has 0 saturated carbocycles. The van der Waals surface area contributed by atoms with Gasteiger partial charge in [-0.1, -0.05) is 13.8 Å². The Morgan fingerprint density at radius 1 is 0.591 bits per heavy atom. The average molecular weight is 630 g/mol. The van der Waals surface area contributed by atoms with E-state index in [1.54, 1.807) is 0 Å². The predicted octanol–water partition coefficient (Wildman–Crippen LogP) is -2.48. The van der Waals surface area contributed by atoms with Gasteiger partial charge in [0.25, 0.3) is 0 Å². The molecular formula is C28H55N9O7. The van der Waals surface area contributed by atoms with Gasteiger partial charge in [0, 0.05) is 0 Å². The second kappa shape index (κ2) is 24.0. The quantitative estimate of drug-likeness (QED) is 0.0472. The van der Waals surface area contributed by atoms with Crippen molar-refractivity contribution in [1.82, 2.24) is 26.6 Å². The Kier molecular flexibility index (Phi) is 22.2. The second-order valence-electron chi connectivity index (χ2n) is 11.2. The summed E-state index contributed by atoms with van der Waals surface area (Å²) in [6, 6.07) is -3.81. The number of aliphatic carboxylic acids is 1. The minimum atomic E-state index is -1.24. The number of rotatable bonds is 25. The number of carboxylic acid groups (broad SMARTS) is 1. The third kappa shape index (κ3) is 19.0. The number of carbonyl (C=O) groups excluding carboxylic acids is 5. The van der Waals surface area contributed by atoms with Crippen LogP contribution in [0.5, 0.6) is 0 Å². The fraction of sp³-hybridized carbons (Fsp3) is 0.786. The molecule has 14 N–H and O–H groups in total. The van der Waals surface area contributed by atoms with Gasteiger partial charge in [0.1, 0.15) is 24.7 Å². The van der Waals surface area contributed by atoms with E-state index >= 15 is 0 Å². The summed E-state index contributed by atoms with van der Waals surface area (Å²) in [5.74, 6) is -4.09. The van der Waals surface area contributed by atoms with E-state index in [1.165, 1.54) is 0 Å². The molecule has 0 saturated heterocycles. The van der Waals surface area contributed by atoms with E-state index < -0.39 is 72.8 Å². The van der Waals surface area contributed by atoms with Crippen LogP contribution in [0.4, 0.5) is 0 Å². The lowest BCUT2D eigenvalue weighted by Gasteiger charge is -2.24. The number of amides is 5. The zero-order chi connectivity index (χ0) is 33.5. The molecule has 0 radical (unpaired) electrons. The van der Waals surface area contributed by atoms with Crippen LogP contribution in [0, 0.1) is 5.92 Å². The van der Waals surface area contributed by atoms with Gasteiger partial charge in [-0.15, -0.1) is 0 Å². The van der Waals surface area contributed by atoms with Crippen molar-refractivity contribution in [2.45, 2.75) is 102 Å². The zero-order valence-electron chi connectivity index (χ0n) is 26.2. The highest BCUT2D eigenvalue weighted by atomic mass is 16.4. The summed E-state index contributed by atoms with van der Waals surface area (Å²) in [5, 5.41) is 21.5. The molecule has 4 atom stereocenters. The van der Waals surface area contributed by atoms with Crippen LogP contribution in [0.15, 0.2) is 0 Å². The maximum absolute atomic E-state index is 13.2. The van der Waals surface area contributed by atoms with E-state index in [1.807, 2.05) is 13.8 Å². The van der Waals surface area contributed by atoms with E-state index in [-0.39, 0.29) is 18.8 Å². The van der Waals surface area contributed by atoms with Crippen molar-refractivity contribution in [3.8, 4) is 0 Å². The number of nitrogens with one attached hydrogen (secondary N) is 5. The van der Waals surface area contributed by atoms with Crippen LogP contribution in [0.1, 0.15) is 78.1 Å². The molecule has 0 aliphatic rings. The van der Waals surface area contributed by atoms with Crippen LogP contribution in [0.2, 0.25) is 0 Å². The molecule has 16 heteroatoms. The maximum Gasteiger partial charge on any atom is 0.322 e. The molecule has 254 valence electrons. The molecule has 0 aromatic rings. The summed E-state index contributed by atoms with van der Waals surface area (Å²) >= 11 is 0. The minimum absolute atomic E-state index is 0.180. The molecule has 0 heterocycles. The highest BCUT2D eigenvalue weighted by Gasteiger charge is 2.28. The topological polar surface area (TPSA) is 287 Å². The molecule has 0 spiro atoms. The third-order valence-corrected chi connectivity index (χ3v) is 6.66. The Morgan fingerprint density at radius 3 is 1.41 bits per heavy atom. The minimum Gasteiger partial charge on any atom is -0.480 e. The molecule has 16 nitrogen and oxygen atoms in total. The summed E-state index contributed by atoms with van der Waals surface area (Å²) in [6.45, 7) is 3.93. The van der Waals surface area contributed by atoms with Crippen molar-refractivity contribution >= 4 is 35.5 Å². The van der Waals surface area contributed by atoms with Crippen LogP contribution < -0.4 is 49.5 Å². The molecule has 0 aromatic heterocycles. The van der Waals surface area contributed by atoms with Crippen LogP contribution in [0.25, 0.3) is 0 Å². The van der Waals surface area contributed by atoms with Gasteiger partial charge in [-0.2, -0.15) is 0 Å². The van der Waals surface area contributed by atoms with Gasteiger partial charge in [-0.3, -0.25) is 28.8 Å². The first-order chi connectivity index (χ1) is 20.9. The molecule has 44 heavy (non-hydrogen) atoms. The van der Waals surface area contributed by atoms with Crippen molar-refractivity contribution in [2.75, 3.05) is 32.7 Å². The van der Waals surface area contributed by atoms with Crippen LogP contribution in [0.3, 0.4) is 0 Å². The highest BCUT2D eigenvalue weighted by molar-refractivity contribution is 5.95. The lowest BCUT2D eigenvalue weighted by atomic mass is 10.0. The van der Waals surface area contributed by atoms with Gasteiger partial charge in [-0.05, 0) is 89.8 Å². The third-order valence-electron chi connectivity index (χ3n) is 6.66. The van der Waals surface area contributed by atoms with E-state index in [4.69, 9.17) is 28.0 Å². The van der Waals surface area contributed by atoms with Crippen molar-refractivity contribution in [3.05, 3.63) is 0 Å². The number of hydrogen-bond donors (Lipinski definition) is 10. The van der Waals surface area contributed by atoms with Crippen LogP contribution in [-0.2, 0) is 28.8 Å². The van der Waals surface area contributed by atoms with E-state index in [9.17, 15) is 28.8 Å². The number of hydrogen-bond acceptors (Lipinski definition) is 10. The van der Waals surface area contributed by atoms with Gasteiger partial charge < -0.3 is 54.6 Å². The summed E-state index contributed by atoms with van der Waals surface area (Å²) in [4.78, 5) is 75.0. The predicted molar refractivity (Wildman–Crippen MR) is 166 cm³/mol. The van der Waals surface area contributed by atoms with Crippen molar-refractivity contribution < 1.29 is 33.9 Å². The van der Waals surface area contributed by atoms with Gasteiger partial charge in [-0.25, -0.2) is 0 Å². The highest BCUT2D eigenvalue weighted by Crippen LogP contribution is 2.07. The molecule has 0 unspecified atom stereocenters. The Hall–Kier alpha value is -3.34. The first kappa shape index (κ1) is 40.7. The molecule has 0 aliphatic carbocycles. The number of carboxylic acids is 1. The summed E-state index contributed by atoms with van der Waals surface area (Å²) in [7, 11) is 0. The van der Waals surface area contributed by atoms with E-state index in [0.717, 1.165) is 0 Å². The maximum atomic E-state index is 13.2. The van der Waals surface area contributed by atoms with E-state index in [0.29, 0.717) is 71.0 Å². The lowest BCUT2D eigenvalue weighted by molar-refractivity contribution is -0.138. The van der Waals surface area contributed by atoms with E-state index in [2.05, 4.69) is 26.6 Å². The average Bonchev–Trinajstić information content (AvgIpc) is 2.96. The van der Waals surface area contributed by atoms with Gasteiger partial charge in [0.15, 0.2) is 0 Å². The molecular weight excluding hydrogens is 574 g/mol. The van der Waals surface area contributed by atoms with Gasteiger partial charge in [0.2, 0.25) is 29.5 Å². The van der Waals surface area contributed by atoms with Gasteiger partial charge >= 0.3 is 5.97 Å². The number of carbonyl (C=O) groups is 6. The summed E-state index contributed by atoms with van der Waals surface area (Å²) in [5.41, 5.74) is 22.6. The summed E-state index contributed by atoms with van der Waals surface area (Å²) < 4.78 is 0. The van der Waals surface area contributed by atoms with Crippen molar-refractivity contribution in [2.24, 2.45) is 28.9 Å². The normalized spacial score (nSPS) is 13.7. The van der Waals surface area contributed by atoms with Crippen LogP contribution >= 0.6 is 0 Å². The second-order valence-corrected chi connectivity index (χ2v) is 11.2. The molecule has 0 aromatic carbocycles. The first-order valence-corrected chi connectivity index (χ1v) is 15.4. The Labute approximate surface area is 259 Å². The first-order valence-electron chi connectivity index (χ1n) is 15.4.